The Morgan fingerprint density at radius 2 is 1.07 bits per heavy atom. The molecule has 40 heavy (non-hydrogen) atoms. The van der Waals surface area contributed by atoms with Gasteiger partial charge in [0.15, 0.2) is 0 Å². The number of benzene rings is 4. The SMILES string of the molecule is CC1=[C-]C(C)C=C1C(C)(C)C.[Cl-].[Cl-].[Zr+2]=[C](c1ccccc1)c1ccccc1.c1ccc2c(c1)[cH-]c1ccccc12. The molecule has 1 aliphatic rings. The molecule has 0 saturated heterocycles. The molecule has 5 aromatic rings. The van der Waals surface area contributed by atoms with Crippen molar-refractivity contribution in [3.05, 3.63) is 150 Å². The van der Waals surface area contributed by atoms with Crippen molar-refractivity contribution in [3.8, 4) is 0 Å². The van der Waals surface area contributed by atoms with Crippen molar-refractivity contribution >= 4 is 24.8 Å². The Morgan fingerprint density at radius 3 is 1.43 bits per heavy atom. The maximum Gasteiger partial charge on any atom is -0.0771 e. The van der Waals surface area contributed by atoms with Gasteiger partial charge in [-0.05, 0) is 0 Å². The fourth-order valence-electron chi connectivity index (χ4n) is 4.93. The van der Waals surface area contributed by atoms with Crippen molar-refractivity contribution in [1.29, 1.82) is 0 Å². The fourth-order valence-corrected chi connectivity index (χ4v) is 5.75. The molecule has 1 atom stereocenters. The van der Waals surface area contributed by atoms with Gasteiger partial charge in [-0.1, -0.05) is 82.3 Å². The third kappa shape index (κ3) is 8.78. The second-order valence-corrected chi connectivity index (χ2v) is 12.0. The van der Waals surface area contributed by atoms with Crippen LogP contribution in [0.3, 0.4) is 0 Å². The average molecular weight is 643 g/mol. The summed E-state index contributed by atoms with van der Waals surface area (Å²) in [4.78, 5) is 0. The fraction of sp³-hybridized carbons (Fsp3) is 0.189. The standard InChI is InChI=1S/C13H9.C13H10.C11H17.2ClH.Zr/c1-3-7-12-10(5-1)9-11-6-2-4-8-13(11)12;1-3-7-12(8-4-1)11-13-9-5-2-6-10-13;1-8-6-9(2)10(7-8)11(3,4)5;;;/h1-9H;1-10H;7-8H,1-5H3;2*1H;/q-1;;-1;;;+2/p-2. The minimum Gasteiger partial charge on any atom is -0.126 e. The topological polar surface area (TPSA) is 0 Å². The summed E-state index contributed by atoms with van der Waals surface area (Å²) in [5.41, 5.74) is 5.76. The third-order valence-corrected chi connectivity index (χ3v) is 8.14. The molecule has 0 saturated carbocycles. The van der Waals surface area contributed by atoms with E-state index in [-0.39, 0.29) is 24.8 Å². The summed E-state index contributed by atoms with van der Waals surface area (Å²) in [7, 11) is 0. The third-order valence-electron chi connectivity index (χ3n) is 6.72. The van der Waals surface area contributed by atoms with Crippen LogP contribution in [0.15, 0.2) is 132 Å². The maximum absolute atomic E-state index is 3.40. The molecule has 3 heteroatoms. The van der Waals surface area contributed by atoms with Crippen molar-refractivity contribution in [2.75, 3.05) is 0 Å². The molecule has 0 amide bonds. The van der Waals surface area contributed by atoms with Gasteiger partial charge in [-0.15, -0.1) is 39.7 Å². The number of hydrogen-bond acceptors (Lipinski definition) is 0. The summed E-state index contributed by atoms with van der Waals surface area (Å²) in [6.07, 6.45) is 5.71. The van der Waals surface area contributed by atoms with Crippen molar-refractivity contribution in [2.45, 2.75) is 34.6 Å². The summed E-state index contributed by atoms with van der Waals surface area (Å²) in [6.45, 7) is 11.1. The van der Waals surface area contributed by atoms with Gasteiger partial charge in [0.2, 0.25) is 0 Å². The van der Waals surface area contributed by atoms with Gasteiger partial charge >= 0.3 is 99.2 Å². The van der Waals surface area contributed by atoms with Crippen molar-refractivity contribution in [2.24, 2.45) is 11.3 Å². The molecule has 204 valence electrons. The van der Waals surface area contributed by atoms with E-state index in [0.717, 1.165) is 0 Å². The molecule has 0 aliphatic heterocycles. The van der Waals surface area contributed by atoms with E-state index in [1.165, 1.54) is 71.3 Å². The predicted molar refractivity (Wildman–Crippen MR) is 162 cm³/mol. The molecule has 0 heterocycles. The van der Waals surface area contributed by atoms with E-state index in [2.05, 4.69) is 162 Å². The zero-order chi connectivity index (χ0) is 27.1. The smallest absolute Gasteiger partial charge is 0.0771 e. The molecular formula is C37H36Cl2Zr-2. The molecule has 6 rings (SSSR count). The van der Waals surface area contributed by atoms with Gasteiger partial charge in [-0.2, -0.15) is 11.6 Å². The van der Waals surface area contributed by atoms with E-state index in [0.29, 0.717) is 11.3 Å². The van der Waals surface area contributed by atoms with Crippen LogP contribution in [0.2, 0.25) is 0 Å². The summed E-state index contributed by atoms with van der Waals surface area (Å²) in [6, 6.07) is 40.4. The largest absolute Gasteiger partial charge is 0.126 e. The van der Waals surface area contributed by atoms with E-state index in [4.69, 9.17) is 0 Å². The first-order valence-corrected chi connectivity index (χ1v) is 14.5. The van der Waals surface area contributed by atoms with E-state index in [1.54, 1.807) is 0 Å². The Hall–Kier alpha value is -2.44. The van der Waals surface area contributed by atoms with Crippen molar-refractivity contribution in [3.63, 3.8) is 0 Å². The van der Waals surface area contributed by atoms with Crippen molar-refractivity contribution in [1.82, 2.24) is 0 Å². The number of allylic oxidation sites excluding steroid dienone is 4. The first-order chi connectivity index (χ1) is 18.2. The van der Waals surface area contributed by atoms with Crippen LogP contribution in [-0.2, 0) is 24.2 Å². The van der Waals surface area contributed by atoms with Gasteiger partial charge in [0.05, 0.1) is 0 Å². The molecular weight excluding hydrogens is 607 g/mol. The number of hydrogen-bond donors (Lipinski definition) is 0. The number of rotatable bonds is 2. The Bertz CT molecular complexity index is 1480. The Kier molecular flexibility index (Phi) is 13.1. The first kappa shape index (κ1) is 33.8. The van der Waals surface area contributed by atoms with E-state index >= 15 is 0 Å². The average Bonchev–Trinajstić information content (AvgIpc) is 3.49. The maximum atomic E-state index is 3.40. The molecule has 0 radical (unpaired) electrons. The summed E-state index contributed by atoms with van der Waals surface area (Å²) >= 11 is 1.46. The summed E-state index contributed by atoms with van der Waals surface area (Å²) < 4.78 is 1.42. The summed E-state index contributed by atoms with van der Waals surface area (Å²) in [5.74, 6) is 0.518. The zero-order valence-electron chi connectivity index (χ0n) is 23.9. The van der Waals surface area contributed by atoms with Gasteiger partial charge in [-0.3, -0.25) is 6.08 Å². The molecule has 1 aliphatic carbocycles. The van der Waals surface area contributed by atoms with E-state index in [9.17, 15) is 0 Å². The van der Waals surface area contributed by atoms with Crippen LogP contribution in [0.25, 0.3) is 21.5 Å². The first-order valence-electron chi connectivity index (χ1n) is 13.3. The minimum absolute atomic E-state index is 0. The minimum atomic E-state index is 0. The van der Waals surface area contributed by atoms with E-state index in [1.807, 2.05) is 0 Å². The Labute approximate surface area is 267 Å². The van der Waals surface area contributed by atoms with Crippen LogP contribution < -0.4 is 24.8 Å². The van der Waals surface area contributed by atoms with Crippen LogP contribution in [0.5, 0.6) is 0 Å². The molecule has 5 aromatic carbocycles. The second-order valence-electron chi connectivity index (χ2n) is 10.8. The van der Waals surface area contributed by atoms with Crippen LogP contribution in [0.1, 0.15) is 45.7 Å². The second kappa shape index (κ2) is 15.5. The van der Waals surface area contributed by atoms with Gasteiger partial charge in [-0.25, -0.2) is 5.57 Å². The van der Waals surface area contributed by atoms with Crippen LogP contribution >= 0.6 is 0 Å². The Balaban J connectivity index is 0.000000207. The molecule has 0 aromatic heterocycles. The van der Waals surface area contributed by atoms with Crippen LogP contribution in [-0.4, -0.2) is 3.21 Å². The van der Waals surface area contributed by atoms with Crippen molar-refractivity contribution < 1.29 is 49.0 Å². The molecule has 0 fully saturated rings. The normalized spacial score (nSPS) is 13.9. The molecule has 0 N–H and O–H groups in total. The Morgan fingerprint density at radius 1 is 0.675 bits per heavy atom. The monoisotopic (exact) mass is 640 g/mol. The molecule has 0 spiro atoms. The molecule has 0 nitrogen and oxygen atoms in total. The molecule has 0 bridgehead atoms. The van der Waals surface area contributed by atoms with Gasteiger partial charge < -0.3 is 24.8 Å². The van der Waals surface area contributed by atoms with Crippen LogP contribution in [0.4, 0.5) is 0 Å². The number of halogens is 2. The van der Waals surface area contributed by atoms with Crippen LogP contribution in [0, 0.1) is 17.4 Å². The predicted octanol–water partition coefficient (Wildman–Crippen LogP) is 3.88. The molecule has 1 unspecified atom stereocenters. The zero-order valence-corrected chi connectivity index (χ0v) is 27.9. The quantitative estimate of drug-likeness (QED) is 0.257. The van der Waals surface area contributed by atoms with Gasteiger partial charge in [0.1, 0.15) is 0 Å². The van der Waals surface area contributed by atoms with Gasteiger partial charge in [0.25, 0.3) is 0 Å². The summed E-state index contributed by atoms with van der Waals surface area (Å²) in [5, 5.41) is 5.39. The van der Waals surface area contributed by atoms with Gasteiger partial charge in [0, 0.05) is 0 Å². The number of fused-ring (bicyclic) bond motifs is 3. The van der Waals surface area contributed by atoms with E-state index < -0.39 is 0 Å².